The maximum atomic E-state index is 13.3. The molecule has 2 aliphatic rings. The van der Waals surface area contributed by atoms with Crippen molar-refractivity contribution in [1.82, 2.24) is 4.31 Å². The van der Waals surface area contributed by atoms with Crippen molar-refractivity contribution in [3.05, 3.63) is 53.1 Å². The Bertz CT molecular complexity index is 928. The minimum atomic E-state index is -4.04. The van der Waals surface area contributed by atoms with Crippen molar-refractivity contribution in [2.75, 3.05) is 6.61 Å². The van der Waals surface area contributed by atoms with Gasteiger partial charge in [0.05, 0.1) is 17.5 Å². The first kappa shape index (κ1) is 20.3. The molecule has 1 aromatic rings. The van der Waals surface area contributed by atoms with Crippen molar-refractivity contribution < 1.29 is 22.7 Å². The lowest BCUT2D eigenvalue weighted by atomic mass is 9.84. The first-order valence-electron chi connectivity index (χ1n) is 9.56. The molecule has 0 N–H and O–H groups in total. The van der Waals surface area contributed by atoms with Crippen LogP contribution in [-0.4, -0.2) is 37.2 Å². The number of rotatable bonds is 5. The Balaban J connectivity index is 2.02. The molecule has 0 fully saturated rings. The first-order valence-corrected chi connectivity index (χ1v) is 11.0. The van der Waals surface area contributed by atoms with Gasteiger partial charge >= 0.3 is 5.97 Å². The molecule has 1 aliphatic carbocycles. The SMILES string of the molecule is CCOC(=O)/C=C/C1CC2=C(CCCC2)C(=O)N1S(=O)(=O)c1ccc(C)cc1. The topological polar surface area (TPSA) is 80.8 Å². The summed E-state index contributed by atoms with van der Waals surface area (Å²) in [7, 11) is -4.04. The molecule has 0 bridgehead atoms. The Morgan fingerprint density at radius 1 is 1.21 bits per heavy atom. The van der Waals surface area contributed by atoms with Crippen LogP contribution >= 0.6 is 0 Å². The van der Waals surface area contributed by atoms with Crippen molar-refractivity contribution in [2.24, 2.45) is 0 Å². The number of hydrogen-bond donors (Lipinski definition) is 0. The summed E-state index contributed by atoms with van der Waals surface area (Å²) in [6.07, 6.45) is 6.37. The standard InChI is InChI=1S/C21H25NO5S/c1-3-27-20(23)13-10-17-14-16-6-4-5-7-19(16)21(24)22(17)28(25,26)18-11-8-15(2)9-12-18/h8-13,17H,3-7,14H2,1-2H3/b13-10+. The predicted molar refractivity (Wildman–Crippen MR) is 105 cm³/mol. The lowest BCUT2D eigenvalue weighted by Gasteiger charge is -2.37. The third kappa shape index (κ3) is 4.04. The molecule has 1 amide bonds. The second-order valence-electron chi connectivity index (χ2n) is 7.09. The normalized spacial score (nSPS) is 20.4. The molecule has 0 saturated heterocycles. The van der Waals surface area contributed by atoms with Crippen LogP contribution < -0.4 is 0 Å². The second kappa shape index (κ2) is 8.31. The molecule has 0 spiro atoms. The molecule has 1 aromatic carbocycles. The smallest absolute Gasteiger partial charge is 0.330 e. The molecule has 1 unspecified atom stereocenters. The first-order chi connectivity index (χ1) is 13.3. The maximum absolute atomic E-state index is 13.3. The fourth-order valence-corrected chi connectivity index (χ4v) is 5.24. The van der Waals surface area contributed by atoms with E-state index in [-0.39, 0.29) is 11.5 Å². The lowest BCUT2D eigenvalue weighted by molar-refractivity contribution is -0.137. The molecule has 6 nitrogen and oxygen atoms in total. The highest BCUT2D eigenvalue weighted by Crippen LogP contribution is 2.37. The lowest BCUT2D eigenvalue weighted by Crippen LogP contribution is -2.48. The summed E-state index contributed by atoms with van der Waals surface area (Å²) in [6.45, 7) is 3.79. The number of ether oxygens (including phenoxy) is 1. The van der Waals surface area contributed by atoms with E-state index in [0.29, 0.717) is 18.4 Å². The van der Waals surface area contributed by atoms with E-state index in [1.807, 2.05) is 6.92 Å². The van der Waals surface area contributed by atoms with Crippen LogP contribution in [-0.2, 0) is 24.3 Å². The quantitative estimate of drug-likeness (QED) is 0.557. The van der Waals surface area contributed by atoms with Gasteiger partial charge in [0.25, 0.3) is 15.9 Å². The summed E-state index contributed by atoms with van der Waals surface area (Å²) < 4.78 is 32.4. The predicted octanol–water partition coefficient (Wildman–Crippen LogP) is 3.27. The van der Waals surface area contributed by atoms with Crippen LogP contribution in [0.15, 0.2) is 52.5 Å². The number of hydrogen-bond acceptors (Lipinski definition) is 5. The Hall–Kier alpha value is -2.41. The van der Waals surface area contributed by atoms with Gasteiger partial charge in [-0.1, -0.05) is 29.3 Å². The summed E-state index contributed by atoms with van der Waals surface area (Å²) in [5, 5.41) is 0. The fourth-order valence-electron chi connectivity index (χ4n) is 3.71. The molecule has 150 valence electrons. The van der Waals surface area contributed by atoms with E-state index in [0.717, 1.165) is 34.7 Å². The number of esters is 1. The van der Waals surface area contributed by atoms with Crippen molar-refractivity contribution in [2.45, 2.75) is 56.9 Å². The molecule has 3 rings (SSSR count). The highest BCUT2D eigenvalue weighted by Gasteiger charge is 2.41. The van der Waals surface area contributed by atoms with E-state index in [2.05, 4.69) is 0 Å². The van der Waals surface area contributed by atoms with Crippen molar-refractivity contribution in [1.29, 1.82) is 0 Å². The van der Waals surface area contributed by atoms with Gasteiger partial charge in [-0.2, -0.15) is 0 Å². The number of benzene rings is 1. The second-order valence-corrected chi connectivity index (χ2v) is 8.91. The molecule has 1 heterocycles. The monoisotopic (exact) mass is 403 g/mol. The Kier molecular flexibility index (Phi) is 6.03. The molecular weight excluding hydrogens is 378 g/mol. The highest BCUT2D eigenvalue weighted by atomic mass is 32.2. The van der Waals surface area contributed by atoms with Gasteiger partial charge in [0.1, 0.15) is 0 Å². The van der Waals surface area contributed by atoms with Crippen LogP contribution in [0.5, 0.6) is 0 Å². The van der Waals surface area contributed by atoms with E-state index in [4.69, 9.17) is 4.74 Å². The van der Waals surface area contributed by atoms with Crippen LogP contribution in [0.25, 0.3) is 0 Å². The number of aryl methyl sites for hydroxylation is 1. The molecule has 0 saturated carbocycles. The molecule has 0 radical (unpaired) electrons. The zero-order chi connectivity index (χ0) is 20.3. The van der Waals surface area contributed by atoms with Crippen molar-refractivity contribution >= 4 is 21.9 Å². The highest BCUT2D eigenvalue weighted by molar-refractivity contribution is 7.89. The average Bonchev–Trinajstić information content (AvgIpc) is 2.67. The fraction of sp³-hybridized carbons (Fsp3) is 0.429. The Labute approximate surface area is 165 Å². The zero-order valence-corrected chi connectivity index (χ0v) is 17.0. The van der Waals surface area contributed by atoms with Gasteiger partial charge in [0.2, 0.25) is 0 Å². The Morgan fingerprint density at radius 3 is 2.57 bits per heavy atom. The van der Waals surface area contributed by atoms with Crippen LogP contribution in [0.1, 0.15) is 44.6 Å². The molecular formula is C21H25NO5S. The van der Waals surface area contributed by atoms with Crippen molar-refractivity contribution in [3.8, 4) is 0 Å². The van der Waals surface area contributed by atoms with Crippen LogP contribution in [0.3, 0.4) is 0 Å². The minimum Gasteiger partial charge on any atom is -0.463 e. The van der Waals surface area contributed by atoms with Gasteiger partial charge in [0, 0.05) is 11.6 Å². The van der Waals surface area contributed by atoms with Gasteiger partial charge in [0.15, 0.2) is 0 Å². The van der Waals surface area contributed by atoms with Crippen LogP contribution in [0.4, 0.5) is 0 Å². The van der Waals surface area contributed by atoms with E-state index in [9.17, 15) is 18.0 Å². The van der Waals surface area contributed by atoms with E-state index < -0.39 is 27.9 Å². The van der Waals surface area contributed by atoms with Crippen LogP contribution in [0.2, 0.25) is 0 Å². The summed E-state index contributed by atoms with van der Waals surface area (Å²) in [4.78, 5) is 25.0. The average molecular weight is 404 g/mol. The summed E-state index contributed by atoms with van der Waals surface area (Å²) in [5.41, 5.74) is 2.55. The zero-order valence-electron chi connectivity index (χ0n) is 16.2. The van der Waals surface area contributed by atoms with E-state index in [1.54, 1.807) is 19.1 Å². The summed E-state index contributed by atoms with van der Waals surface area (Å²) in [5.74, 6) is -1.02. The number of nitrogens with zero attached hydrogens (tertiary/aromatic N) is 1. The van der Waals surface area contributed by atoms with Gasteiger partial charge in [-0.25, -0.2) is 17.5 Å². The summed E-state index contributed by atoms with van der Waals surface area (Å²) in [6, 6.07) is 5.69. The van der Waals surface area contributed by atoms with Gasteiger partial charge in [-0.3, -0.25) is 4.79 Å². The third-order valence-corrected chi connectivity index (χ3v) is 6.94. The van der Waals surface area contributed by atoms with Gasteiger partial charge in [-0.05, 0) is 58.1 Å². The molecule has 28 heavy (non-hydrogen) atoms. The van der Waals surface area contributed by atoms with E-state index in [1.165, 1.54) is 24.3 Å². The number of amides is 1. The van der Waals surface area contributed by atoms with Gasteiger partial charge < -0.3 is 4.74 Å². The summed E-state index contributed by atoms with van der Waals surface area (Å²) >= 11 is 0. The number of carbonyl (C=O) groups is 2. The molecule has 1 atom stereocenters. The van der Waals surface area contributed by atoms with Crippen LogP contribution in [0, 0.1) is 6.92 Å². The van der Waals surface area contributed by atoms with Gasteiger partial charge in [-0.15, -0.1) is 0 Å². The van der Waals surface area contributed by atoms with E-state index >= 15 is 0 Å². The molecule has 1 aliphatic heterocycles. The number of carbonyl (C=O) groups excluding carboxylic acids is 2. The Morgan fingerprint density at radius 2 is 1.89 bits per heavy atom. The molecule has 0 aromatic heterocycles. The van der Waals surface area contributed by atoms with Crippen molar-refractivity contribution in [3.63, 3.8) is 0 Å². The number of sulfonamides is 1. The molecule has 7 heteroatoms. The minimum absolute atomic E-state index is 0.0702. The maximum Gasteiger partial charge on any atom is 0.330 e. The third-order valence-electron chi connectivity index (χ3n) is 5.12. The largest absolute Gasteiger partial charge is 0.463 e.